The Morgan fingerprint density at radius 1 is 1.33 bits per heavy atom. The van der Waals surface area contributed by atoms with Crippen molar-refractivity contribution in [3.05, 3.63) is 47.2 Å². The zero-order chi connectivity index (χ0) is 20.2. The summed E-state index contributed by atoms with van der Waals surface area (Å²) >= 11 is 0. The second-order valence-corrected chi connectivity index (χ2v) is 7.24. The van der Waals surface area contributed by atoms with Crippen LogP contribution in [0.5, 0.6) is 0 Å². The van der Waals surface area contributed by atoms with Crippen LogP contribution in [0, 0.1) is 0 Å². The molecule has 1 saturated carbocycles. The van der Waals surface area contributed by atoms with Crippen LogP contribution in [0.4, 0.5) is 13.2 Å². The minimum atomic E-state index is -4.40. The Morgan fingerprint density at radius 3 is 2.59 bits per heavy atom. The van der Waals surface area contributed by atoms with Crippen LogP contribution in [0.2, 0.25) is 0 Å². The standard InChI is InChI=1S/C20H28F3N3O/c1-4-25(3)12-14(2)19(27)26(18-9-8-17(24)11-18)13-15-6-5-7-16(10-15)20(21,22)23/h5-7,10,12,17-18H,4,8-9,11,13,24H2,1-3H3/b14-12+/t17?,18-/m1/s1. The van der Waals surface area contributed by atoms with E-state index >= 15 is 0 Å². The van der Waals surface area contributed by atoms with Gasteiger partial charge in [-0.05, 0) is 50.8 Å². The number of benzene rings is 1. The van der Waals surface area contributed by atoms with E-state index in [0.717, 1.165) is 31.5 Å². The molecule has 0 spiro atoms. The Labute approximate surface area is 158 Å². The molecule has 27 heavy (non-hydrogen) atoms. The summed E-state index contributed by atoms with van der Waals surface area (Å²) in [6.45, 7) is 4.61. The zero-order valence-electron chi connectivity index (χ0n) is 16.1. The third-order valence-electron chi connectivity index (χ3n) is 5.00. The van der Waals surface area contributed by atoms with Crippen LogP contribution >= 0.6 is 0 Å². The molecule has 1 aliphatic carbocycles. The van der Waals surface area contributed by atoms with E-state index in [9.17, 15) is 18.0 Å². The van der Waals surface area contributed by atoms with Crippen LogP contribution < -0.4 is 5.73 Å². The molecule has 1 unspecified atom stereocenters. The predicted octanol–water partition coefficient (Wildman–Crippen LogP) is 3.77. The van der Waals surface area contributed by atoms with Gasteiger partial charge in [0.05, 0.1) is 5.56 Å². The molecule has 2 atom stereocenters. The molecule has 1 aliphatic rings. The molecule has 0 heterocycles. The maximum absolute atomic E-state index is 13.0. The van der Waals surface area contributed by atoms with Gasteiger partial charge in [-0.3, -0.25) is 4.79 Å². The second-order valence-electron chi connectivity index (χ2n) is 7.24. The molecular formula is C20H28F3N3O. The van der Waals surface area contributed by atoms with Gasteiger partial charge in [0.25, 0.3) is 5.91 Å². The Bertz CT molecular complexity index is 687. The molecule has 0 saturated heterocycles. The summed E-state index contributed by atoms with van der Waals surface area (Å²) in [4.78, 5) is 16.6. The topological polar surface area (TPSA) is 49.6 Å². The molecule has 1 amide bonds. The number of hydrogen-bond donors (Lipinski definition) is 1. The molecule has 150 valence electrons. The van der Waals surface area contributed by atoms with E-state index in [1.165, 1.54) is 6.07 Å². The van der Waals surface area contributed by atoms with E-state index in [1.807, 2.05) is 18.9 Å². The van der Waals surface area contributed by atoms with Crippen LogP contribution in [-0.4, -0.2) is 41.4 Å². The molecule has 2 N–H and O–H groups in total. The molecule has 4 nitrogen and oxygen atoms in total. The molecule has 0 aromatic heterocycles. The molecule has 2 rings (SSSR count). The number of nitrogens with two attached hydrogens (primary N) is 1. The van der Waals surface area contributed by atoms with Gasteiger partial charge >= 0.3 is 6.18 Å². The van der Waals surface area contributed by atoms with E-state index in [-0.39, 0.29) is 24.5 Å². The van der Waals surface area contributed by atoms with Crippen molar-refractivity contribution in [1.29, 1.82) is 0 Å². The van der Waals surface area contributed by atoms with Crippen LogP contribution in [0.1, 0.15) is 44.2 Å². The summed E-state index contributed by atoms with van der Waals surface area (Å²) < 4.78 is 39.0. The Kier molecular flexibility index (Phi) is 6.92. The second kappa shape index (κ2) is 8.78. The Hall–Kier alpha value is -2.02. The van der Waals surface area contributed by atoms with Gasteiger partial charge in [0.1, 0.15) is 0 Å². The first-order valence-corrected chi connectivity index (χ1v) is 9.23. The maximum atomic E-state index is 13.0. The van der Waals surface area contributed by atoms with Gasteiger partial charge in [0, 0.05) is 44.0 Å². The van der Waals surface area contributed by atoms with Gasteiger partial charge in [-0.15, -0.1) is 0 Å². The first kappa shape index (κ1) is 21.3. The number of amides is 1. The largest absolute Gasteiger partial charge is 0.416 e. The van der Waals surface area contributed by atoms with Gasteiger partial charge in [0.15, 0.2) is 0 Å². The van der Waals surface area contributed by atoms with Gasteiger partial charge in [-0.25, -0.2) is 0 Å². The van der Waals surface area contributed by atoms with Gasteiger partial charge in [-0.2, -0.15) is 13.2 Å². The summed E-state index contributed by atoms with van der Waals surface area (Å²) in [6.07, 6.45) is -0.379. The smallest absolute Gasteiger partial charge is 0.380 e. The van der Waals surface area contributed by atoms with E-state index in [1.54, 1.807) is 24.1 Å². The summed E-state index contributed by atoms with van der Waals surface area (Å²) in [5.41, 5.74) is 6.34. The molecule has 0 aliphatic heterocycles. The van der Waals surface area contributed by atoms with Crippen molar-refractivity contribution in [3.8, 4) is 0 Å². The average Bonchev–Trinajstić information content (AvgIpc) is 3.04. The highest BCUT2D eigenvalue weighted by Crippen LogP contribution is 2.31. The minimum Gasteiger partial charge on any atom is -0.380 e. The SMILES string of the molecule is CCN(C)/C=C(\C)C(=O)N(Cc1cccc(C(F)(F)F)c1)[C@@H]1CCC(N)C1. The molecule has 1 aromatic carbocycles. The highest BCUT2D eigenvalue weighted by atomic mass is 19.4. The fourth-order valence-corrected chi connectivity index (χ4v) is 3.39. The lowest BCUT2D eigenvalue weighted by molar-refractivity contribution is -0.137. The Morgan fingerprint density at radius 2 is 2.04 bits per heavy atom. The number of hydrogen-bond acceptors (Lipinski definition) is 3. The van der Waals surface area contributed by atoms with E-state index in [4.69, 9.17) is 5.73 Å². The van der Waals surface area contributed by atoms with Crippen molar-refractivity contribution in [1.82, 2.24) is 9.80 Å². The molecule has 0 radical (unpaired) electrons. The predicted molar refractivity (Wildman–Crippen MR) is 99.7 cm³/mol. The number of rotatable bonds is 6. The van der Waals surface area contributed by atoms with Crippen molar-refractivity contribution in [2.75, 3.05) is 13.6 Å². The van der Waals surface area contributed by atoms with Gasteiger partial charge in [0.2, 0.25) is 0 Å². The molecule has 1 aromatic rings. The third kappa shape index (κ3) is 5.73. The number of nitrogens with zero attached hydrogens (tertiary/aromatic N) is 2. The lowest BCUT2D eigenvalue weighted by atomic mass is 10.1. The Balaban J connectivity index is 2.28. The normalized spacial score (nSPS) is 20.6. The van der Waals surface area contributed by atoms with Crippen molar-refractivity contribution in [3.63, 3.8) is 0 Å². The van der Waals surface area contributed by atoms with Crippen molar-refractivity contribution in [2.45, 2.75) is 57.9 Å². The fraction of sp³-hybridized carbons (Fsp3) is 0.550. The highest BCUT2D eigenvalue weighted by molar-refractivity contribution is 5.93. The summed E-state index contributed by atoms with van der Waals surface area (Å²) in [7, 11) is 1.87. The van der Waals surface area contributed by atoms with Crippen LogP contribution in [0.25, 0.3) is 0 Å². The first-order chi connectivity index (χ1) is 12.6. The van der Waals surface area contributed by atoms with Gasteiger partial charge < -0.3 is 15.5 Å². The van der Waals surface area contributed by atoms with Crippen LogP contribution in [-0.2, 0) is 17.5 Å². The van der Waals surface area contributed by atoms with Crippen LogP contribution in [0.15, 0.2) is 36.0 Å². The number of carbonyl (C=O) groups is 1. The lowest BCUT2D eigenvalue weighted by Gasteiger charge is -2.30. The summed E-state index contributed by atoms with van der Waals surface area (Å²) in [5.74, 6) is -0.160. The highest BCUT2D eigenvalue weighted by Gasteiger charge is 2.33. The maximum Gasteiger partial charge on any atom is 0.416 e. The average molecular weight is 383 g/mol. The first-order valence-electron chi connectivity index (χ1n) is 9.23. The van der Waals surface area contributed by atoms with Crippen molar-refractivity contribution >= 4 is 5.91 Å². The van der Waals surface area contributed by atoms with Crippen molar-refractivity contribution < 1.29 is 18.0 Å². The third-order valence-corrected chi connectivity index (χ3v) is 5.00. The van der Waals surface area contributed by atoms with Crippen LogP contribution in [0.3, 0.4) is 0 Å². The van der Waals surface area contributed by atoms with Crippen molar-refractivity contribution in [2.24, 2.45) is 5.73 Å². The fourth-order valence-electron chi connectivity index (χ4n) is 3.39. The van der Waals surface area contributed by atoms with E-state index in [2.05, 4.69) is 0 Å². The van der Waals surface area contributed by atoms with E-state index < -0.39 is 11.7 Å². The summed E-state index contributed by atoms with van der Waals surface area (Å²) in [6, 6.07) is 5.14. The lowest BCUT2D eigenvalue weighted by Crippen LogP contribution is -2.40. The van der Waals surface area contributed by atoms with Gasteiger partial charge in [-0.1, -0.05) is 12.1 Å². The monoisotopic (exact) mass is 383 g/mol. The zero-order valence-corrected chi connectivity index (χ0v) is 16.1. The summed E-state index contributed by atoms with van der Waals surface area (Å²) in [5, 5.41) is 0. The molecule has 1 fully saturated rings. The number of alkyl halides is 3. The molecular weight excluding hydrogens is 355 g/mol. The van der Waals surface area contributed by atoms with E-state index in [0.29, 0.717) is 17.6 Å². The number of halogens is 3. The minimum absolute atomic E-state index is 0.0226. The quantitative estimate of drug-likeness (QED) is 0.761. The molecule has 7 heteroatoms. The number of carbonyl (C=O) groups excluding carboxylic acids is 1. The molecule has 0 bridgehead atoms.